The summed E-state index contributed by atoms with van der Waals surface area (Å²) in [6.07, 6.45) is 3.98. The van der Waals surface area contributed by atoms with Crippen LogP contribution >= 0.6 is 0 Å². The molecule has 3 heterocycles. The minimum Gasteiger partial charge on any atom is -0.486 e. The third-order valence-electron chi connectivity index (χ3n) is 3.89. The van der Waals surface area contributed by atoms with Crippen molar-refractivity contribution in [2.45, 2.75) is 18.9 Å². The molecule has 1 atom stereocenters. The molecule has 2 N–H and O–H groups in total. The van der Waals surface area contributed by atoms with Crippen molar-refractivity contribution in [1.29, 1.82) is 0 Å². The average molecular weight is 329 g/mol. The van der Waals surface area contributed by atoms with Crippen molar-refractivity contribution in [3.8, 4) is 11.5 Å². The van der Waals surface area contributed by atoms with Crippen molar-refractivity contribution >= 4 is 17.5 Å². The summed E-state index contributed by atoms with van der Waals surface area (Å²) in [4.78, 5) is 4.42. The van der Waals surface area contributed by atoms with Crippen LogP contribution in [0.15, 0.2) is 24.4 Å². The van der Waals surface area contributed by atoms with Crippen molar-refractivity contribution in [1.82, 2.24) is 15.2 Å². The molecule has 1 aromatic heterocycles. The first-order valence-electron chi connectivity index (χ1n) is 8.09. The molecule has 0 radical (unpaired) electrons. The van der Waals surface area contributed by atoms with E-state index < -0.39 is 0 Å². The predicted octanol–water partition coefficient (Wildman–Crippen LogP) is 1.98. The lowest BCUT2D eigenvalue weighted by Gasteiger charge is -2.19. The van der Waals surface area contributed by atoms with Crippen LogP contribution in [-0.4, -0.2) is 47.7 Å². The molecule has 1 aromatic carbocycles. The van der Waals surface area contributed by atoms with Crippen LogP contribution in [0.4, 0.5) is 17.5 Å². The summed E-state index contributed by atoms with van der Waals surface area (Å²) in [5, 5.41) is 14.3. The monoisotopic (exact) mass is 329 g/mol. The van der Waals surface area contributed by atoms with Gasteiger partial charge in [-0.25, -0.2) is 0 Å². The van der Waals surface area contributed by atoms with Crippen LogP contribution in [0.2, 0.25) is 0 Å². The van der Waals surface area contributed by atoms with Crippen LogP contribution in [-0.2, 0) is 4.74 Å². The largest absolute Gasteiger partial charge is 0.486 e. The van der Waals surface area contributed by atoms with Gasteiger partial charge in [-0.1, -0.05) is 0 Å². The summed E-state index contributed by atoms with van der Waals surface area (Å²) >= 11 is 0. The Morgan fingerprint density at radius 2 is 2.04 bits per heavy atom. The number of aromatic nitrogens is 3. The first kappa shape index (κ1) is 14.9. The van der Waals surface area contributed by atoms with Gasteiger partial charge in [0.05, 0.1) is 12.3 Å². The zero-order valence-corrected chi connectivity index (χ0v) is 13.2. The van der Waals surface area contributed by atoms with E-state index in [2.05, 4.69) is 25.8 Å². The molecular formula is C16H19N5O3. The van der Waals surface area contributed by atoms with Gasteiger partial charge >= 0.3 is 0 Å². The Balaban J connectivity index is 1.41. The van der Waals surface area contributed by atoms with E-state index in [-0.39, 0.29) is 6.10 Å². The maximum atomic E-state index is 5.58. The summed E-state index contributed by atoms with van der Waals surface area (Å²) < 4.78 is 16.7. The second-order valence-corrected chi connectivity index (χ2v) is 5.66. The van der Waals surface area contributed by atoms with Crippen molar-refractivity contribution in [2.24, 2.45) is 0 Å². The molecule has 2 aliphatic rings. The minimum atomic E-state index is 0.225. The number of hydrogen-bond acceptors (Lipinski definition) is 8. The minimum absolute atomic E-state index is 0.225. The van der Waals surface area contributed by atoms with Gasteiger partial charge in [0.25, 0.3) is 0 Å². The molecule has 126 valence electrons. The highest BCUT2D eigenvalue weighted by atomic mass is 16.6. The smallest absolute Gasteiger partial charge is 0.244 e. The van der Waals surface area contributed by atoms with Gasteiger partial charge < -0.3 is 24.8 Å². The number of anilines is 3. The Morgan fingerprint density at radius 1 is 1.12 bits per heavy atom. The molecule has 0 spiro atoms. The first-order chi connectivity index (χ1) is 11.9. The highest BCUT2D eigenvalue weighted by Gasteiger charge is 2.16. The van der Waals surface area contributed by atoms with Crippen molar-refractivity contribution in [3.05, 3.63) is 24.4 Å². The van der Waals surface area contributed by atoms with Crippen molar-refractivity contribution in [3.63, 3.8) is 0 Å². The van der Waals surface area contributed by atoms with Gasteiger partial charge in [-0.15, -0.1) is 5.10 Å². The predicted molar refractivity (Wildman–Crippen MR) is 88.0 cm³/mol. The normalized spacial score (nSPS) is 19.1. The Morgan fingerprint density at radius 3 is 2.92 bits per heavy atom. The van der Waals surface area contributed by atoms with Gasteiger partial charge in [0, 0.05) is 24.9 Å². The Bertz CT molecular complexity index is 706. The molecule has 1 saturated heterocycles. The first-order valence-corrected chi connectivity index (χ1v) is 8.09. The zero-order valence-electron chi connectivity index (χ0n) is 13.2. The fourth-order valence-corrected chi connectivity index (χ4v) is 2.72. The molecule has 0 aliphatic carbocycles. The Kier molecular flexibility index (Phi) is 4.28. The highest BCUT2D eigenvalue weighted by Crippen LogP contribution is 2.33. The molecular weight excluding hydrogens is 310 g/mol. The van der Waals surface area contributed by atoms with Crippen LogP contribution in [0.1, 0.15) is 12.8 Å². The topological polar surface area (TPSA) is 90.4 Å². The van der Waals surface area contributed by atoms with Gasteiger partial charge in [0.15, 0.2) is 17.3 Å². The molecule has 0 bridgehead atoms. The number of ether oxygens (including phenoxy) is 3. The average Bonchev–Trinajstić information content (AvgIpc) is 3.14. The van der Waals surface area contributed by atoms with Gasteiger partial charge in [0.1, 0.15) is 13.2 Å². The van der Waals surface area contributed by atoms with Crippen LogP contribution in [0.5, 0.6) is 11.5 Å². The van der Waals surface area contributed by atoms with Crippen molar-refractivity contribution < 1.29 is 14.2 Å². The summed E-state index contributed by atoms with van der Waals surface area (Å²) in [6, 6.07) is 5.67. The molecule has 1 fully saturated rings. The molecule has 1 unspecified atom stereocenters. The van der Waals surface area contributed by atoms with E-state index in [1.807, 2.05) is 18.2 Å². The van der Waals surface area contributed by atoms with Crippen LogP contribution in [0, 0.1) is 0 Å². The van der Waals surface area contributed by atoms with E-state index in [4.69, 9.17) is 14.2 Å². The number of hydrogen-bond donors (Lipinski definition) is 2. The molecule has 2 aromatic rings. The van der Waals surface area contributed by atoms with E-state index in [9.17, 15) is 0 Å². The maximum absolute atomic E-state index is 5.58. The van der Waals surface area contributed by atoms with Crippen molar-refractivity contribution in [2.75, 3.05) is 37.0 Å². The number of nitrogens with zero attached hydrogens (tertiary/aromatic N) is 3. The van der Waals surface area contributed by atoms with E-state index >= 15 is 0 Å². The van der Waals surface area contributed by atoms with Crippen LogP contribution in [0.25, 0.3) is 0 Å². The molecule has 24 heavy (non-hydrogen) atoms. The van der Waals surface area contributed by atoms with Gasteiger partial charge in [-0.2, -0.15) is 10.1 Å². The second-order valence-electron chi connectivity index (χ2n) is 5.66. The third-order valence-corrected chi connectivity index (χ3v) is 3.89. The van der Waals surface area contributed by atoms with Gasteiger partial charge in [-0.05, 0) is 25.0 Å². The van der Waals surface area contributed by atoms with E-state index in [1.165, 1.54) is 0 Å². The van der Waals surface area contributed by atoms with E-state index in [0.717, 1.165) is 36.6 Å². The summed E-state index contributed by atoms with van der Waals surface area (Å²) in [7, 11) is 0. The molecule has 0 saturated carbocycles. The molecule has 8 heteroatoms. The summed E-state index contributed by atoms with van der Waals surface area (Å²) in [6.45, 7) is 2.66. The molecule has 8 nitrogen and oxygen atoms in total. The number of fused-ring (bicyclic) bond motifs is 1. The van der Waals surface area contributed by atoms with E-state index in [0.29, 0.717) is 31.5 Å². The number of rotatable bonds is 5. The fraction of sp³-hybridized carbons (Fsp3) is 0.438. The lowest BCUT2D eigenvalue weighted by molar-refractivity contribution is 0.120. The SMILES string of the molecule is c1cc2c(cc1Nc1cnnc(NCC3CCCO3)n1)OCCO2. The lowest BCUT2D eigenvalue weighted by Crippen LogP contribution is -2.20. The number of benzene rings is 1. The zero-order chi connectivity index (χ0) is 16.2. The summed E-state index contributed by atoms with van der Waals surface area (Å²) in [5.41, 5.74) is 0.852. The quantitative estimate of drug-likeness (QED) is 0.860. The van der Waals surface area contributed by atoms with Gasteiger partial charge in [0.2, 0.25) is 5.95 Å². The molecule has 2 aliphatic heterocycles. The second kappa shape index (κ2) is 6.88. The highest BCUT2D eigenvalue weighted by molar-refractivity contribution is 5.61. The van der Waals surface area contributed by atoms with Crippen LogP contribution in [0.3, 0.4) is 0 Å². The van der Waals surface area contributed by atoms with Gasteiger partial charge in [-0.3, -0.25) is 0 Å². The summed E-state index contributed by atoms with van der Waals surface area (Å²) in [5.74, 6) is 2.57. The third kappa shape index (κ3) is 3.48. The Hall–Kier alpha value is -2.61. The molecule has 4 rings (SSSR count). The van der Waals surface area contributed by atoms with Crippen LogP contribution < -0.4 is 20.1 Å². The van der Waals surface area contributed by atoms with E-state index in [1.54, 1.807) is 6.20 Å². The lowest BCUT2D eigenvalue weighted by atomic mass is 10.2. The number of nitrogens with one attached hydrogen (secondary N) is 2. The fourth-order valence-electron chi connectivity index (χ4n) is 2.72. The molecule has 0 amide bonds. The maximum Gasteiger partial charge on any atom is 0.244 e. The Labute approximate surface area is 139 Å². The standard InChI is InChI=1S/C16H19N5O3/c1-2-12(22-5-1)9-17-16-20-15(10-18-21-16)19-11-3-4-13-14(8-11)24-7-6-23-13/h3-4,8,10,12H,1-2,5-7,9H2,(H2,17,19,20,21).